The van der Waals surface area contributed by atoms with Crippen LogP contribution in [0.1, 0.15) is 5.56 Å². The fourth-order valence-electron chi connectivity index (χ4n) is 2.54. The Labute approximate surface area is 159 Å². The van der Waals surface area contributed by atoms with Gasteiger partial charge in [-0.05, 0) is 29.0 Å². The van der Waals surface area contributed by atoms with Gasteiger partial charge in [-0.1, -0.05) is 48.0 Å². The molecule has 26 heavy (non-hydrogen) atoms. The molecule has 0 aliphatic carbocycles. The lowest BCUT2D eigenvalue weighted by Crippen LogP contribution is -1.99. The first kappa shape index (κ1) is 16.8. The Balaban J connectivity index is 1.75. The third kappa shape index (κ3) is 3.49. The molecule has 0 aliphatic rings. The highest BCUT2D eigenvalue weighted by Gasteiger charge is 2.18. The quantitative estimate of drug-likeness (QED) is 0.488. The van der Waals surface area contributed by atoms with Gasteiger partial charge in [0.05, 0.1) is 24.5 Å². The first-order chi connectivity index (χ1) is 12.7. The molecule has 0 bridgehead atoms. The summed E-state index contributed by atoms with van der Waals surface area (Å²) in [4.78, 5) is 1.44. The van der Waals surface area contributed by atoms with Crippen LogP contribution in [0.25, 0.3) is 17.1 Å². The van der Waals surface area contributed by atoms with Gasteiger partial charge in [-0.25, -0.2) is 4.68 Å². The molecule has 2 heterocycles. The number of hydrogen-bond donors (Lipinski definition) is 0. The van der Waals surface area contributed by atoms with Gasteiger partial charge in [0, 0.05) is 10.8 Å². The highest BCUT2D eigenvalue weighted by atomic mass is 35.5. The van der Waals surface area contributed by atoms with Crippen molar-refractivity contribution in [3.8, 4) is 17.1 Å². The van der Waals surface area contributed by atoms with E-state index in [0.29, 0.717) is 10.8 Å². The molecule has 0 saturated heterocycles. The number of benzene rings is 2. The molecule has 0 unspecified atom stereocenters. The number of aromatic nitrogens is 6. The molecule has 0 atom stereocenters. The molecule has 0 spiro atoms. The zero-order valence-corrected chi connectivity index (χ0v) is 15.5. The first-order valence-corrected chi connectivity index (χ1v) is 9.32. The lowest BCUT2D eigenvalue weighted by molar-refractivity contribution is 0.630. The molecule has 4 rings (SSSR count). The van der Waals surface area contributed by atoms with E-state index < -0.39 is 0 Å². The van der Waals surface area contributed by atoms with Crippen molar-refractivity contribution in [2.24, 2.45) is 7.05 Å². The van der Waals surface area contributed by atoms with E-state index in [1.54, 1.807) is 25.0 Å². The summed E-state index contributed by atoms with van der Waals surface area (Å²) in [6.45, 7) is 0. The number of hydrogen-bond acceptors (Lipinski definition) is 5. The van der Waals surface area contributed by atoms with E-state index in [2.05, 4.69) is 32.6 Å². The van der Waals surface area contributed by atoms with E-state index >= 15 is 0 Å². The molecule has 0 saturated carbocycles. The first-order valence-electron chi connectivity index (χ1n) is 7.96. The second kappa shape index (κ2) is 7.31. The molecule has 130 valence electrons. The van der Waals surface area contributed by atoms with Crippen molar-refractivity contribution in [1.29, 1.82) is 0 Å². The van der Waals surface area contributed by atoms with Crippen molar-refractivity contribution in [1.82, 2.24) is 30.0 Å². The Morgan fingerprint density at radius 2 is 1.92 bits per heavy atom. The predicted molar refractivity (Wildman–Crippen MR) is 102 cm³/mol. The van der Waals surface area contributed by atoms with Crippen LogP contribution in [0.3, 0.4) is 0 Å². The van der Waals surface area contributed by atoms with Crippen molar-refractivity contribution >= 4 is 23.4 Å². The maximum absolute atomic E-state index is 6.16. The largest absolute Gasteiger partial charge is 0.226 e. The zero-order chi connectivity index (χ0) is 17.9. The summed E-state index contributed by atoms with van der Waals surface area (Å²) in [6.07, 6.45) is 1.77. The normalized spacial score (nSPS) is 11.0. The summed E-state index contributed by atoms with van der Waals surface area (Å²) in [7, 11) is 1.74. The number of tetrazole rings is 1. The zero-order valence-electron chi connectivity index (χ0n) is 14.0. The Morgan fingerprint density at radius 3 is 2.65 bits per heavy atom. The van der Waals surface area contributed by atoms with Gasteiger partial charge >= 0.3 is 0 Å². The minimum Gasteiger partial charge on any atom is -0.226 e. The minimum absolute atomic E-state index is 0.552. The monoisotopic (exact) mass is 382 g/mol. The topological polar surface area (TPSA) is 61.4 Å². The summed E-state index contributed by atoms with van der Waals surface area (Å²) in [5.74, 6) is 1.36. The maximum Gasteiger partial charge on any atom is 0.209 e. The standard InChI is InChI=1S/C18H15ClN6S/c1-24-22-17(21-23-24)16-11-20-25(15-9-5-8-14(19)10-15)18(16)26-12-13-6-3-2-4-7-13/h2-11H,12H2,1H3. The second-order valence-electron chi connectivity index (χ2n) is 5.63. The third-order valence-electron chi connectivity index (χ3n) is 3.75. The molecule has 0 N–H and O–H groups in total. The highest BCUT2D eigenvalue weighted by Crippen LogP contribution is 2.33. The lowest BCUT2D eigenvalue weighted by Gasteiger charge is -2.09. The molecular weight excluding hydrogens is 368 g/mol. The number of aryl methyl sites for hydroxylation is 1. The molecular formula is C18H15ClN6S. The van der Waals surface area contributed by atoms with Gasteiger partial charge in [0.2, 0.25) is 5.82 Å². The summed E-state index contributed by atoms with van der Waals surface area (Å²) < 4.78 is 1.87. The van der Waals surface area contributed by atoms with Crippen molar-refractivity contribution in [2.75, 3.05) is 0 Å². The van der Waals surface area contributed by atoms with Gasteiger partial charge < -0.3 is 0 Å². The molecule has 4 aromatic rings. The minimum atomic E-state index is 0.552. The predicted octanol–water partition coefficient (Wildman–Crippen LogP) is 4.01. The number of halogens is 1. The van der Waals surface area contributed by atoms with E-state index in [9.17, 15) is 0 Å². The van der Waals surface area contributed by atoms with E-state index in [1.165, 1.54) is 10.4 Å². The van der Waals surface area contributed by atoms with Crippen LogP contribution in [0.5, 0.6) is 0 Å². The van der Waals surface area contributed by atoms with Crippen molar-refractivity contribution in [3.63, 3.8) is 0 Å². The maximum atomic E-state index is 6.16. The fourth-order valence-corrected chi connectivity index (χ4v) is 3.79. The van der Waals surface area contributed by atoms with Crippen LogP contribution in [-0.4, -0.2) is 30.0 Å². The molecule has 0 fully saturated rings. The van der Waals surface area contributed by atoms with Crippen molar-refractivity contribution in [2.45, 2.75) is 10.8 Å². The van der Waals surface area contributed by atoms with Gasteiger partial charge in [0.25, 0.3) is 0 Å². The van der Waals surface area contributed by atoms with E-state index in [1.807, 2.05) is 47.1 Å². The molecule has 0 aliphatic heterocycles. The fraction of sp³-hybridized carbons (Fsp3) is 0.111. The Hall–Kier alpha value is -2.64. The smallest absolute Gasteiger partial charge is 0.209 e. The van der Waals surface area contributed by atoms with Crippen molar-refractivity contribution in [3.05, 3.63) is 71.4 Å². The average molecular weight is 383 g/mol. The number of thioether (sulfide) groups is 1. The van der Waals surface area contributed by atoms with Crippen LogP contribution >= 0.6 is 23.4 Å². The summed E-state index contributed by atoms with van der Waals surface area (Å²) >= 11 is 7.84. The van der Waals surface area contributed by atoms with Gasteiger partial charge in [-0.2, -0.15) is 9.90 Å². The van der Waals surface area contributed by atoms with Crippen molar-refractivity contribution < 1.29 is 0 Å². The second-order valence-corrected chi connectivity index (χ2v) is 7.03. The summed E-state index contributed by atoms with van der Waals surface area (Å²) in [5.41, 5.74) is 2.97. The number of rotatable bonds is 5. The van der Waals surface area contributed by atoms with E-state index in [0.717, 1.165) is 22.0 Å². The highest BCUT2D eigenvalue weighted by molar-refractivity contribution is 7.98. The van der Waals surface area contributed by atoms with Crippen LogP contribution < -0.4 is 0 Å². The number of nitrogens with zero attached hydrogens (tertiary/aromatic N) is 6. The Morgan fingerprint density at radius 1 is 1.08 bits per heavy atom. The van der Waals surface area contributed by atoms with Crippen LogP contribution in [0.15, 0.2) is 65.8 Å². The van der Waals surface area contributed by atoms with Gasteiger partial charge in [0.1, 0.15) is 5.03 Å². The third-order valence-corrected chi connectivity index (χ3v) is 5.12. The molecule has 8 heteroatoms. The Kier molecular flexibility index (Phi) is 4.73. The molecule has 2 aromatic heterocycles. The van der Waals surface area contributed by atoms with Gasteiger partial charge in [0.15, 0.2) is 0 Å². The van der Waals surface area contributed by atoms with Gasteiger partial charge in [-0.15, -0.1) is 22.0 Å². The SMILES string of the molecule is Cn1nnc(-c2cnn(-c3cccc(Cl)c3)c2SCc2ccccc2)n1. The lowest BCUT2D eigenvalue weighted by atomic mass is 10.2. The summed E-state index contributed by atoms with van der Waals surface area (Å²) in [6, 6.07) is 17.9. The van der Waals surface area contributed by atoms with Crippen LogP contribution in [0.2, 0.25) is 5.02 Å². The molecule has 6 nitrogen and oxygen atoms in total. The Bertz CT molecular complexity index is 1030. The molecule has 2 aromatic carbocycles. The van der Waals surface area contributed by atoms with E-state index in [-0.39, 0.29) is 0 Å². The molecule has 0 radical (unpaired) electrons. The van der Waals surface area contributed by atoms with Crippen LogP contribution in [0, 0.1) is 0 Å². The average Bonchev–Trinajstić information content (AvgIpc) is 3.26. The summed E-state index contributed by atoms with van der Waals surface area (Å²) in [5, 5.41) is 18.6. The van der Waals surface area contributed by atoms with Gasteiger partial charge in [-0.3, -0.25) is 0 Å². The molecule has 0 amide bonds. The van der Waals surface area contributed by atoms with E-state index in [4.69, 9.17) is 11.6 Å². The van der Waals surface area contributed by atoms with Crippen LogP contribution in [0.4, 0.5) is 0 Å². The van der Waals surface area contributed by atoms with Crippen LogP contribution in [-0.2, 0) is 12.8 Å².